The predicted octanol–water partition coefficient (Wildman–Crippen LogP) is 2.92. The second-order valence-corrected chi connectivity index (χ2v) is 5.89. The number of nitrogens with zero attached hydrogens (tertiary/aromatic N) is 2. The molecule has 0 radical (unpaired) electrons. The van der Waals surface area contributed by atoms with E-state index in [1.165, 1.54) is 5.06 Å². The molecule has 3 rings (SSSR count). The molecule has 6 heteroatoms. The first kappa shape index (κ1) is 16.3. The van der Waals surface area contributed by atoms with Crippen LogP contribution in [0.3, 0.4) is 0 Å². The van der Waals surface area contributed by atoms with E-state index in [1.54, 1.807) is 11.5 Å². The summed E-state index contributed by atoms with van der Waals surface area (Å²) in [6.07, 6.45) is -0.0453. The monoisotopic (exact) mass is 328 g/mol. The van der Waals surface area contributed by atoms with Gasteiger partial charge in [-0.2, -0.15) is 0 Å². The minimum absolute atomic E-state index is 0.0993. The topological polar surface area (TPSA) is 60.8 Å². The number of benzene rings is 1. The molecule has 1 unspecified atom stereocenters. The van der Waals surface area contributed by atoms with Gasteiger partial charge in [-0.1, -0.05) is 18.2 Å². The zero-order valence-electron chi connectivity index (χ0n) is 14.0. The van der Waals surface area contributed by atoms with Crippen molar-refractivity contribution in [3.63, 3.8) is 0 Å². The van der Waals surface area contributed by atoms with Gasteiger partial charge in [0.2, 0.25) is 5.82 Å². The number of hydrogen-bond donors (Lipinski definition) is 0. The van der Waals surface area contributed by atoms with Crippen molar-refractivity contribution in [2.24, 2.45) is 0 Å². The van der Waals surface area contributed by atoms with E-state index in [-0.39, 0.29) is 24.3 Å². The van der Waals surface area contributed by atoms with Gasteiger partial charge in [0.15, 0.2) is 5.94 Å². The van der Waals surface area contributed by atoms with Crippen LogP contribution < -0.4 is 0 Å². The van der Waals surface area contributed by atoms with E-state index in [4.69, 9.17) is 9.57 Å². The molecule has 24 heavy (non-hydrogen) atoms. The van der Waals surface area contributed by atoms with Gasteiger partial charge in [-0.05, 0) is 32.9 Å². The van der Waals surface area contributed by atoms with Crippen LogP contribution >= 0.6 is 0 Å². The Kier molecular flexibility index (Phi) is 4.42. The molecule has 0 N–H and O–H groups in total. The van der Waals surface area contributed by atoms with E-state index in [2.05, 4.69) is 0 Å². The van der Waals surface area contributed by atoms with Gasteiger partial charge in [-0.3, -0.25) is 14.2 Å². The highest BCUT2D eigenvalue weighted by Gasteiger charge is 2.39. The zero-order valence-corrected chi connectivity index (χ0v) is 14.0. The van der Waals surface area contributed by atoms with Crippen molar-refractivity contribution >= 4 is 28.6 Å². The van der Waals surface area contributed by atoms with E-state index in [0.717, 1.165) is 16.6 Å². The summed E-state index contributed by atoms with van der Waals surface area (Å²) < 4.78 is 6.88. The first-order valence-electron chi connectivity index (χ1n) is 8.04. The van der Waals surface area contributed by atoms with Gasteiger partial charge in [0.1, 0.15) is 6.04 Å². The van der Waals surface area contributed by atoms with Gasteiger partial charge in [0.25, 0.3) is 0 Å². The number of hydroxylamine groups is 2. The second-order valence-electron chi connectivity index (χ2n) is 5.89. The molecule has 1 aliphatic heterocycles. The summed E-state index contributed by atoms with van der Waals surface area (Å²) >= 11 is 0. The molecule has 0 spiro atoms. The smallest absolute Gasteiger partial charge is 0.308 e. The molecule has 1 aromatic heterocycles. The molecular formula is C18H20N2O4. The first-order chi connectivity index (χ1) is 11.6. The fraction of sp³-hybridized carbons (Fsp3) is 0.389. The largest absolute Gasteiger partial charge is 0.466 e. The number of aromatic nitrogens is 1. The number of fused-ring (bicyclic) bond motifs is 3. The summed E-state index contributed by atoms with van der Waals surface area (Å²) in [6, 6.07) is 9.29. The number of hydrogen-bond acceptors (Lipinski definition) is 5. The lowest BCUT2D eigenvalue weighted by molar-refractivity contribution is -0.174. The number of carbonyl (C=O) groups is 1. The molecule has 0 bridgehead atoms. The van der Waals surface area contributed by atoms with Gasteiger partial charge in [-0.25, -0.2) is 9.86 Å². The summed E-state index contributed by atoms with van der Waals surface area (Å²) in [4.78, 5) is 29.5. The summed E-state index contributed by atoms with van der Waals surface area (Å²) in [5.41, 5.74) is 1.71. The minimum Gasteiger partial charge on any atom is -0.466 e. The predicted molar refractivity (Wildman–Crippen MR) is 89.4 cm³/mol. The number of carbonyl (C=O) groups excluding carboxylic acids is 2. The van der Waals surface area contributed by atoms with Crippen molar-refractivity contribution < 1.29 is 19.2 Å². The van der Waals surface area contributed by atoms with Gasteiger partial charge < -0.3 is 4.74 Å². The van der Waals surface area contributed by atoms with Crippen LogP contribution in [-0.2, 0) is 19.2 Å². The van der Waals surface area contributed by atoms with E-state index < -0.39 is 6.04 Å². The molecule has 1 aliphatic rings. The Balaban J connectivity index is 2.10. The third-order valence-corrected chi connectivity index (χ3v) is 3.87. The van der Waals surface area contributed by atoms with Crippen LogP contribution in [0.4, 0.5) is 0 Å². The lowest BCUT2D eigenvalue weighted by Crippen LogP contribution is -2.28. The van der Waals surface area contributed by atoms with Crippen molar-refractivity contribution in [2.75, 3.05) is 6.61 Å². The Hall–Kier alpha value is -2.56. The SMILES string of the molecule is CCOC(=O)CC1c2cc3ccccc3n2C(=C=O)N1OC(C)C. The van der Waals surface area contributed by atoms with Gasteiger partial charge in [-0.15, -0.1) is 0 Å². The van der Waals surface area contributed by atoms with Gasteiger partial charge >= 0.3 is 5.97 Å². The molecule has 0 saturated heterocycles. The van der Waals surface area contributed by atoms with Crippen molar-refractivity contribution in [2.45, 2.75) is 39.3 Å². The maximum atomic E-state index is 12.0. The Morgan fingerprint density at radius 3 is 2.75 bits per heavy atom. The highest BCUT2D eigenvalue weighted by atomic mass is 16.7. The van der Waals surface area contributed by atoms with Crippen molar-refractivity contribution in [1.82, 2.24) is 9.63 Å². The molecule has 2 aromatic rings. The van der Waals surface area contributed by atoms with E-state index >= 15 is 0 Å². The average molecular weight is 328 g/mol. The van der Waals surface area contributed by atoms with Crippen LogP contribution in [0.2, 0.25) is 0 Å². The standard InChI is InChI=1S/C18H20N2O4/c1-4-23-18(22)10-16-15-9-13-7-5-6-8-14(13)19(15)17(11-21)20(16)24-12(2)3/h5-9,12,16H,4,10H2,1-3H3. The fourth-order valence-corrected chi connectivity index (χ4v) is 3.03. The van der Waals surface area contributed by atoms with Crippen LogP contribution in [0, 0.1) is 0 Å². The Morgan fingerprint density at radius 1 is 1.33 bits per heavy atom. The minimum atomic E-state index is -0.421. The Morgan fingerprint density at radius 2 is 2.08 bits per heavy atom. The number of esters is 1. The number of ether oxygens (including phenoxy) is 1. The average Bonchev–Trinajstić information content (AvgIpc) is 3.03. The second kappa shape index (κ2) is 6.51. The van der Waals surface area contributed by atoms with E-state index in [1.807, 2.05) is 50.1 Å². The maximum Gasteiger partial charge on any atom is 0.308 e. The summed E-state index contributed by atoms with van der Waals surface area (Å²) in [5.74, 6) is 1.90. The Bertz CT molecular complexity index is 818. The van der Waals surface area contributed by atoms with Crippen LogP contribution in [0.1, 0.15) is 38.9 Å². The number of rotatable bonds is 5. The molecule has 6 nitrogen and oxygen atoms in total. The van der Waals surface area contributed by atoms with E-state index in [0.29, 0.717) is 6.61 Å². The van der Waals surface area contributed by atoms with Gasteiger partial charge in [0.05, 0.1) is 30.3 Å². The molecule has 0 amide bonds. The molecule has 1 atom stereocenters. The van der Waals surface area contributed by atoms with Crippen molar-refractivity contribution in [3.05, 3.63) is 36.0 Å². The van der Waals surface area contributed by atoms with Crippen LogP contribution in [0.5, 0.6) is 0 Å². The molecule has 2 heterocycles. The number of para-hydroxylation sites is 1. The van der Waals surface area contributed by atoms with Gasteiger partial charge in [0, 0.05) is 5.39 Å². The molecule has 126 valence electrons. The fourth-order valence-electron chi connectivity index (χ4n) is 3.03. The normalized spacial score (nSPS) is 16.6. The lowest BCUT2D eigenvalue weighted by Gasteiger charge is -2.26. The molecule has 1 aromatic carbocycles. The third kappa shape index (κ3) is 2.70. The van der Waals surface area contributed by atoms with Crippen LogP contribution in [0.15, 0.2) is 30.3 Å². The molecule has 0 aliphatic carbocycles. The van der Waals surface area contributed by atoms with Crippen LogP contribution in [-0.4, -0.2) is 34.3 Å². The zero-order chi connectivity index (χ0) is 17.3. The first-order valence-corrected chi connectivity index (χ1v) is 8.04. The van der Waals surface area contributed by atoms with E-state index in [9.17, 15) is 9.59 Å². The maximum absolute atomic E-state index is 12.0. The molecule has 0 saturated carbocycles. The summed E-state index contributed by atoms with van der Waals surface area (Å²) in [7, 11) is 0. The highest BCUT2D eigenvalue weighted by Crippen LogP contribution is 2.42. The Labute approximate surface area is 140 Å². The summed E-state index contributed by atoms with van der Waals surface area (Å²) in [5, 5.41) is 2.48. The van der Waals surface area contributed by atoms with Crippen LogP contribution in [0.25, 0.3) is 16.7 Å². The highest BCUT2D eigenvalue weighted by molar-refractivity contribution is 5.91. The quantitative estimate of drug-likeness (QED) is 0.624. The summed E-state index contributed by atoms with van der Waals surface area (Å²) in [6.45, 7) is 5.82. The van der Waals surface area contributed by atoms with Crippen molar-refractivity contribution in [1.29, 1.82) is 0 Å². The molecular weight excluding hydrogens is 308 g/mol. The third-order valence-electron chi connectivity index (χ3n) is 3.87. The lowest BCUT2D eigenvalue weighted by atomic mass is 10.1. The molecule has 0 fully saturated rings. The van der Waals surface area contributed by atoms with Crippen molar-refractivity contribution in [3.8, 4) is 0 Å².